The number of benzene rings is 1. The van der Waals surface area contributed by atoms with Gasteiger partial charge in [0, 0.05) is 41.8 Å². The lowest BCUT2D eigenvalue weighted by atomic mass is 9.53. The summed E-state index contributed by atoms with van der Waals surface area (Å²) in [5.74, 6) is -0.449. The number of fused-ring (bicyclic) bond motifs is 6. The van der Waals surface area contributed by atoms with Crippen LogP contribution in [0.2, 0.25) is 5.02 Å². The number of amides is 1. The maximum absolute atomic E-state index is 13.6. The number of rotatable bonds is 5. The first-order valence-corrected chi connectivity index (χ1v) is 13.0. The molecule has 7 rings (SSSR count). The third-order valence-corrected chi connectivity index (χ3v) is 9.21. The van der Waals surface area contributed by atoms with Gasteiger partial charge in [0.25, 0.3) is 0 Å². The van der Waals surface area contributed by atoms with Crippen LogP contribution < -0.4 is 0 Å². The highest BCUT2D eigenvalue weighted by molar-refractivity contribution is 6.30. The van der Waals surface area contributed by atoms with E-state index in [1.165, 1.54) is 10.9 Å². The van der Waals surface area contributed by atoms with Crippen LogP contribution in [0.1, 0.15) is 61.8 Å². The molecule has 2 aromatic heterocycles. The number of halogens is 1. The topological polar surface area (TPSA) is 75.4 Å². The van der Waals surface area contributed by atoms with Gasteiger partial charge in [0.2, 0.25) is 5.91 Å². The first-order valence-electron chi connectivity index (χ1n) is 12.6. The van der Waals surface area contributed by atoms with Crippen LogP contribution in [0.5, 0.6) is 0 Å². The van der Waals surface area contributed by atoms with Crippen LogP contribution in [0.25, 0.3) is 11.0 Å². The van der Waals surface area contributed by atoms with E-state index in [4.69, 9.17) is 16.6 Å². The van der Waals surface area contributed by atoms with Crippen LogP contribution in [0.15, 0.2) is 42.6 Å². The maximum Gasteiger partial charge on any atom is 0.309 e. The zero-order chi connectivity index (χ0) is 24.2. The van der Waals surface area contributed by atoms with E-state index < -0.39 is 11.4 Å². The smallest absolute Gasteiger partial charge is 0.309 e. The van der Waals surface area contributed by atoms with Crippen LogP contribution in [0.4, 0.5) is 0 Å². The molecule has 0 radical (unpaired) electrons. The van der Waals surface area contributed by atoms with Gasteiger partial charge in [-0.3, -0.25) is 9.59 Å². The van der Waals surface area contributed by atoms with Crippen molar-refractivity contribution in [2.24, 2.45) is 10.8 Å². The molecule has 0 spiro atoms. The molecule has 0 saturated heterocycles. The molecule has 3 heterocycles. The average Bonchev–Trinajstić information content (AvgIpc) is 3.18. The minimum absolute atomic E-state index is 0.0242. The van der Waals surface area contributed by atoms with Crippen LogP contribution >= 0.6 is 11.6 Å². The molecule has 7 heteroatoms. The van der Waals surface area contributed by atoms with E-state index in [2.05, 4.69) is 16.7 Å². The number of pyridine rings is 1. The van der Waals surface area contributed by atoms with Gasteiger partial charge in [-0.05, 0) is 85.8 Å². The van der Waals surface area contributed by atoms with E-state index in [0.717, 1.165) is 42.6 Å². The molecule has 3 aliphatic carbocycles. The molecule has 1 amide bonds. The molecular formula is C28H30ClN3O3. The van der Waals surface area contributed by atoms with Crippen molar-refractivity contribution in [3.63, 3.8) is 0 Å². The van der Waals surface area contributed by atoms with E-state index in [1.54, 1.807) is 0 Å². The van der Waals surface area contributed by atoms with E-state index in [9.17, 15) is 14.7 Å². The van der Waals surface area contributed by atoms with Crippen LogP contribution in [0, 0.1) is 10.8 Å². The number of carboxylic acid groups (broad SMARTS) is 1. The van der Waals surface area contributed by atoms with Crippen molar-refractivity contribution >= 4 is 34.5 Å². The Kier molecular flexibility index (Phi) is 5.40. The van der Waals surface area contributed by atoms with Gasteiger partial charge in [0.05, 0.1) is 12.0 Å². The zero-order valence-corrected chi connectivity index (χ0v) is 20.6. The first kappa shape index (κ1) is 22.6. The number of carbonyl (C=O) groups is 2. The molecule has 35 heavy (non-hydrogen) atoms. The lowest BCUT2D eigenvalue weighted by Crippen LogP contribution is -2.48. The quantitative estimate of drug-likeness (QED) is 0.515. The summed E-state index contributed by atoms with van der Waals surface area (Å²) in [6.07, 6.45) is 7.85. The summed E-state index contributed by atoms with van der Waals surface area (Å²) in [7, 11) is 0. The zero-order valence-electron chi connectivity index (χ0n) is 19.8. The van der Waals surface area contributed by atoms with Gasteiger partial charge in [-0.15, -0.1) is 0 Å². The molecule has 3 aromatic rings. The molecule has 4 aliphatic rings. The highest BCUT2D eigenvalue weighted by atomic mass is 35.5. The van der Waals surface area contributed by atoms with Gasteiger partial charge >= 0.3 is 5.97 Å². The van der Waals surface area contributed by atoms with Crippen molar-refractivity contribution in [1.82, 2.24) is 14.5 Å². The Labute approximate surface area is 209 Å². The number of nitrogens with zero attached hydrogens (tertiary/aromatic N) is 3. The van der Waals surface area contributed by atoms with Gasteiger partial charge in [0.1, 0.15) is 5.65 Å². The standard InChI is InChI=1S/C28H30ClN3O3/c29-20-4-1-3-19(15-20)17-32-23-18-31(14-6-21(23)22-5-2-13-30-25(22)32)24(33)16-27-7-10-28(11-8-27,12-9-27)26(34)35/h1-5,13,15H,6-12,14,16-18H2,(H,34,35). The minimum Gasteiger partial charge on any atom is -0.481 e. The third-order valence-electron chi connectivity index (χ3n) is 8.98. The molecule has 0 unspecified atom stereocenters. The van der Waals surface area contributed by atoms with Crippen molar-refractivity contribution in [3.8, 4) is 0 Å². The van der Waals surface area contributed by atoms with Crippen molar-refractivity contribution < 1.29 is 14.7 Å². The van der Waals surface area contributed by atoms with Gasteiger partial charge in [-0.2, -0.15) is 0 Å². The Bertz CT molecular complexity index is 1310. The second-order valence-electron chi connectivity index (χ2n) is 10.8. The molecule has 1 aliphatic heterocycles. The lowest BCUT2D eigenvalue weighted by Gasteiger charge is -2.51. The summed E-state index contributed by atoms with van der Waals surface area (Å²) in [4.78, 5) is 32.1. The number of hydrogen-bond donors (Lipinski definition) is 1. The highest BCUT2D eigenvalue weighted by Crippen LogP contribution is 2.58. The lowest BCUT2D eigenvalue weighted by molar-refractivity contribution is -0.160. The second kappa shape index (κ2) is 8.37. The molecule has 0 atom stereocenters. The third kappa shape index (κ3) is 3.83. The molecule has 3 saturated carbocycles. The first-order chi connectivity index (χ1) is 16.9. The fourth-order valence-electron chi connectivity index (χ4n) is 6.74. The monoisotopic (exact) mass is 491 g/mol. The maximum atomic E-state index is 13.6. The van der Waals surface area contributed by atoms with Gasteiger partial charge < -0.3 is 14.6 Å². The summed E-state index contributed by atoms with van der Waals surface area (Å²) < 4.78 is 2.25. The van der Waals surface area contributed by atoms with E-state index in [0.29, 0.717) is 50.3 Å². The highest BCUT2D eigenvalue weighted by Gasteiger charge is 2.53. The van der Waals surface area contributed by atoms with Crippen molar-refractivity contribution in [2.45, 2.75) is 64.5 Å². The Balaban J connectivity index is 1.25. The summed E-state index contributed by atoms with van der Waals surface area (Å²) in [5.41, 5.74) is 3.95. The van der Waals surface area contributed by atoms with E-state index >= 15 is 0 Å². The summed E-state index contributed by atoms with van der Waals surface area (Å²) >= 11 is 6.25. The predicted molar refractivity (Wildman–Crippen MR) is 134 cm³/mol. The number of hydrogen-bond acceptors (Lipinski definition) is 3. The largest absolute Gasteiger partial charge is 0.481 e. The molecule has 3 fully saturated rings. The number of aromatic nitrogens is 2. The van der Waals surface area contributed by atoms with Crippen LogP contribution in [-0.4, -0.2) is 38.0 Å². The van der Waals surface area contributed by atoms with Crippen LogP contribution in [-0.2, 0) is 29.1 Å². The minimum atomic E-state index is -0.651. The average molecular weight is 492 g/mol. The van der Waals surface area contributed by atoms with Crippen molar-refractivity contribution in [3.05, 3.63) is 64.4 Å². The Hall–Kier alpha value is -2.86. The molecular weight excluding hydrogens is 462 g/mol. The van der Waals surface area contributed by atoms with Gasteiger partial charge in [0.15, 0.2) is 0 Å². The summed E-state index contributed by atoms with van der Waals surface area (Å²) in [6, 6.07) is 12.0. The van der Waals surface area contributed by atoms with Gasteiger partial charge in [-0.25, -0.2) is 4.98 Å². The Morgan fingerprint density at radius 2 is 1.83 bits per heavy atom. The molecule has 182 valence electrons. The van der Waals surface area contributed by atoms with Crippen LogP contribution in [0.3, 0.4) is 0 Å². The Morgan fingerprint density at radius 3 is 2.54 bits per heavy atom. The summed E-state index contributed by atoms with van der Waals surface area (Å²) in [5, 5.41) is 11.6. The number of carboxylic acids is 1. The van der Waals surface area contributed by atoms with Crippen molar-refractivity contribution in [2.75, 3.05) is 6.54 Å². The van der Waals surface area contributed by atoms with Crippen molar-refractivity contribution in [1.29, 1.82) is 0 Å². The Morgan fingerprint density at radius 1 is 1.06 bits per heavy atom. The molecule has 1 N–H and O–H groups in total. The second-order valence-corrected chi connectivity index (χ2v) is 11.3. The molecule has 6 nitrogen and oxygen atoms in total. The summed E-state index contributed by atoms with van der Waals surface area (Å²) in [6.45, 7) is 1.96. The molecule has 2 bridgehead atoms. The fraction of sp³-hybridized carbons (Fsp3) is 0.464. The predicted octanol–water partition coefficient (Wildman–Crippen LogP) is 5.44. The van der Waals surface area contributed by atoms with E-state index in [-0.39, 0.29) is 11.3 Å². The number of carbonyl (C=O) groups excluding carboxylic acids is 1. The fourth-order valence-corrected chi connectivity index (χ4v) is 6.96. The molecule has 1 aromatic carbocycles. The van der Waals surface area contributed by atoms with Gasteiger partial charge in [-0.1, -0.05) is 23.7 Å². The SMILES string of the molecule is O=C(CC12CCC(C(=O)O)(CC1)CC2)N1CCc2c(n(Cc3cccc(Cl)c3)c3ncccc23)C1. The van der Waals surface area contributed by atoms with E-state index in [1.807, 2.05) is 35.4 Å². The normalized spacial score (nSPS) is 25.6. The number of aliphatic carboxylic acids is 1.